The van der Waals surface area contributed by atoms with E-state index in [4.69, 9.17) is 14.2 Å². The van der Waals surface area contributed by atoms with Gasteiger partial charge in [-0.05, 0) is 38.0 Å². The van der Waals surface area contributed by atoms with E-state index in [0.717, 1.165) is 37.1 Å². The first-order chi connectivity index (χ1) is 16.9. The number of carbonyl (C=O) groups is 1. The summed E-state index contributed by atoms with van der Waals surface area (Å²) in [6.45, 7) is 3.72. The molecule has 1 unspecified atom stereocenters. The predicted molar refractivity (Wildman–Crippen MR) is 128 cm³/mol. The Balaban J connectivity index is 1.48. The molecule has 2 aliphatic heterocycles. The van der Waals surface area contributed by atoms with Crippen LogP contribution in [0.1, 0.15) is 42.2 Å². The molecule has 9 heteroatoms. The number of nitrogens with zero attached hydrogens (tertiary/aromatic N) is 1. The number of para-hydroxylation sites is 1. The minimum absolute atomic E-state index is 0.0759. The molecular formula is C26H27FN4O4. The molecule has 1 amide bonds. The zero-order chi connectivity index (χ0) is 24.2. The highest BCUT2D eigenvalue weighted by Gasteiger charge is 2.51. The van der Waals surface area contributed by atoms with Gasteiger partial charge in [0.1, 0.15) is 18.0 Å². The van der Waals surface area contributed by atoms with Crippen LogP contribution in [0.4, 0.5) is 15.8 Å². The zero-order valence-corrected chi connectivity index (χ0v) is 19.7. The van der Waals surface area contributed by atoms with Crippen LogP contribution in [0.5, 0.6) is 11.5 Å². The van der Waals surface area contributed by atoms with Gasteiger partial charge in [0.25, 0.3) is 5.91 Å². The lowest BCUT2D eigenvalue weighted by Crippen LogP contribution is -2.45. The SMILES string of the molecule is COc1c(F)cccc1Nc1c(-c2ccncc2OCC2(C)CCO2)[nH]c2c1C(=O)NCC21CC1. The van der Waals surface area contributed by atoms with Crippen LogP contribution < -0.4 is 20.1 Å². The van der Waals surface area contributed by atoms with E-state index in [-0.39, 0.29) is 22.7 Å². The van der Waals surface area contributed by atoms with Gasteiger partial charge in [0.2, 0.25) is 0 Å². The number of hydrogen-bond donors (Lipinski definition) is 3. The first-order valence-electron chi connectivity index (χ1n) is 11.8. The monoisotopic (exact) mass is 478 g/mol. The molecule has 3 aromatic rings. The summed E-state index contributed by atoms with van der Waals surface area (Å²) in [5.74, 6) is -0.0209. The van der Waals surface area contributed by atoms with Gasteiger partial charge < -0.3 is 29.8 Å². The lowest BCUT2D eigenvalue weighted by Gasteiger charge is -2.38. The smallest absolute Gasteiger partial charge is 0.255 e. The molecule has 8 nitrogen and oxygen atoms in total. The highest BCUT2D eigenvalue weighted by atomic mass is 19.1. The summed E-state index contributed by atoms with van der Waals surface area (Å²) in [5.41, 5.74) is 3.40. The third-order valence-corrected chi connectivity index (χ3v) is 7.30. The van der Waals surface area contributed by atoms with E-state index in [0.29, 0.717) is 41.5 Å². The summed E-state index contributed by atoms with van der Waals surface area (Å²) < 4.78 is 31.6. The topological polar surface area (TPSA) is 97.5 Å². The fourth-order valence-electron chi connectivity index (χ4n) is 4.90. The van der Waals surface area contributed by atoms with Gasteiger partial charge in [-0.2, -0.15) is 0 Å². The van der Waals surface area contributed by atoms with Gasteiger partial charge in [-0.25, -0.2) is 4.39 Å². The molecular weight excluding hydrogens is 451 g/mol. The Morgan fingerprint density at radius 1 is 1.26 bits per heavy atom. The molecule has 3 N–H and O–H groups in total. The maximum atomic E-state index is 14.5. The third-order valence-electron chi connectivity index (χ3n) is 7.30. The summed E-state index contributed by atoms with van der Waals surface area (Å²) in [7, 11) is 1.42. The standard InChI is InChI=1S/C26H27FN4O4/c1-25(9-11-35-25)14-34-18-12-28-10-6-15(18)20-21(30-17-5-3-4-16(27)22(17)33-2)19-23(31-20)26(7-8-26)13-29-24(19)32/h3-6,10,12,30-31H,7-9,11,13-14H2,1-2H3,(H,29,32). The molecule has 1 aliphatic carbocycles. The number of nitrogens with one attached hydrogen (secondary N) is 3. The highest BCUT2D eigenvalue weighted by Crippen LogP contribution is 2.54. The van der Waals surface area contributed by atoms with E-state index in [2.05, 4.69) is 20.6 Å². The number of halogens is 1. The van der Waals surface area contributed by atoms with Crippen molar-refractivity contribution in [2.75, 3.05) is 32.2 Å². The maximum absolute atomic E-state index is 14.5. The van der Waals surface area contributed by atoms with Crippen molar-refractivity contribution in [3.8, 4) is 22.8 Å². The third kappa shape index (κ3) is 3.61. The second kappa shape index (κ2) is 7.98. The van der Waals surface area contributed by atoms with E-state index in [9.17, 15) is 9.18 Å². The molecule has 6 rings (SSSR count). The Morgan fingerprint density at radius 2 is 2.09 bits per heavy atom. The minimum atomic E-state index is -0.492. The van der Waals surface area contributed by atoms with E-state index >= 15 is 0 Å². The number of benzene rings is 1. The number of ether oxygens (including phenoxy) is 3. The van der Waals surface area contributed by atoms with Gasteiger partial charge in [0, 0.05) is 35.8 Å². The number of anilines is 2. The Bertz CT molecular complexity index is 1310. The van der Waals surface area contributed by atoms with Crippen LogP contribution in [0, 0.1) is 5.82 Å². The quantitative estimate of drug-likeness (QED) is 0.469. The second-order valence-electron chi connectivity index (χ2n) is 9.74. The zero-order valence-electron chi connectivity index (χ0n) is 19.7. The molecule has 1 spiro atoms. The van der Waals surface area contributed by atoms with Crippen LogP contribution in [-0.2, 0) is 10.2 Å². The molecule has 3 aliphatic rings. The summed E-state index contributed by atoms with van der Waals surface area (Å²) in [6.07, 6.45) is 6.24. The van der Waals surface area contributed by atoms with Crippen molar-refractivity contribution in [1.82, 2.24) is 15.3 Å². The van der Waals surface area contributed by atoms with E-state index < -0.39 is 5.82 Å². The van der Waals surface area contributed by atoms with Gasteiger partial charge >= 0.3 is 0 Å². The summed E-state index contributed by atoms with van der Waals surface area (Å²) in [6, 6.07) is 6.50. The lowest BCUT2D eigenvalue weighted by molar-refractivity contribution is -0.152. The first kappa shape index (κ1) is 21.9. The van der Waals surface area contributed by atoms with Crippen molar-refractivity contribution in [2.24, 2.45) is 0 Å². The Morgan fingerprint density at radius 3 is 2.80 bits per heavy atom. The average Bonchev–Trinajstić information content (AvgIpc) is 3.52. The molecule has 0 radical (unpaired) electrons. The number of hydrogen-bond acceptors (Lipinski definition) is 6. The molecule has 35 heavy (non-hydrogen) atoms. The lowest BCUT2D eigenvalue weighted by atomic mass is 9.93. The van der Waals surface area contributed by atoms with Crippen LogP contribution in [-0.4, -0.2) is 48.3 Å². The van der Waals surface area contributed by atoms with Crippen molar-refractivity contribution in [3.05, 3.63) is 53.7 Å². The van der Waals surface area contributed by atoms with Crippen molar-refractivity contribution in [1.29, 1.82) is 0 Å². The fourth-order valence-corrected chi connectivity index (χ4v) is 4.90. The van der Waals surface area contributed by atoms with Crippen molar-refractivity contribution in [2.45, 2.75) is 37.2 Å². The number of H-pyrrole nitrogens is 1. The number of amides is 1. The van der Waals surface area contributed by atoms with Crippen molar-refractivity contribution >= 4 is 17.3 Å². The molecule has 1 saturated heterocycles. The van der Waals surface area contributed by atoms with Crippen LogP contribution in [0.25, 0.3) is 11.3 Å². The van der Waals surface area contributed by atoms with E-state index in [1.165, 1.54) is 13.2 Å². The summed E-state index contributed by atoms with van der Waals surface area (Å²) in [4.78, 5) is 20.9. The molecule has 1 saturated carbocycles. The van der Waals surface area contributed by atoms with Gasteiger partial charge in [-0.1, -0.05) is 6.07 Å². The number of pyridine rings is 1. The molecule has 0 bridgehead atoms. The number of methoxy groups -OCH3 is 1. The number of aromatic nitrogens is 2. The summed E-state index contributed by atoms with van der Waals surface area (Å²) in [5, 5.41) is 6.33. The Kier molecular flexibility index (Phi) is 5.00. The minimum Gasteiger partial charge on any atom is -0.492 e. The molecule has 2 aromatic heterocycles. The van der Waals surface area contributed by atoms with Crippen molar-refractivity contribution < 1.29 is 23.4 Å². The molecule has 2 fully saturated rings. The van der Waals surface area contributed by atoms with Gasteiger partial charge in [-0.15, -0.1) is 0 Å². The fraction of sp³-hybridized carbons (Fsp3) is 0.385. The Labute approximate surface area is 202 Å². The normalized spacial score (nSPS) is 21.6. The van der Waals surface area contributed by atoms with E-state index in [1.54, 1.807) is 24.5 Å². The van der Waals surface area contributed by atoms with Crippen LogP contribution >= 0.6 is 0 Å². The molecule has 4 heterocycles. The van der Waals surface area contributed by atoms with Gasteiger partial charge in [0.15, 0.2) is 11.6 Å². The number of fused-ring (bicyclic) bond motifs is 2. The molecule has 1 aromatic carbocycles. The van der Waals surface area contributed by atoms with Gasteiger partial charge in [-0.3, -0.25) is 9.78 Å². The van der Waals surface area contributed by atoms with Crippen LogP contribution in [0.15, 0.2) is 36.7 Å². The molecule has 1 atom stereocenters. The number of aromatic amines is 1. The predicted octanol–water partition coefficient (Wildman–Crippen LogP) is 4.30. The van der Waals surface area contributed by atoms with E-state index in [1.807, 2.05) is 13.0 Å². The number of rotatable bonds is 7. The Hall–Kier alpha value is -3.59. The first-order valence-corrected chi connectivity index (χ1v) is 11.8. The summed E-state index contributed by atoms with van der Waals surface area (Å²) >= 11 is 0. The average molecular weight is 479 g/mol. The van der Waals surface area contributed by atoms with Gasteiger partial charge in [0.05, 0.1) is 42.5 Å². The highest BCUT2D eigenvalue weighted by molar-refractivity contribution is 6.07. The van der Waals surface area contributed by atoms with Crippen molar-refractivity contribution in [3.63, 3.8) is 0 Å². The molecule has 182 valence electrons. The maximum Gasteiger partial charge on any atom is 0.255 e. The van der Waals surface area contributed by atoms with Crippen LogP contribution in [0.3, 0.4) is 0 Å². The number of carbonyl (C=O) groups excluding carboxylic acids is 1. The second-order valence-corrected chi connectivity index (χ2v) is 9.74. The van der Waals surface area contributed by atoms with Crippen LogP contribution in [0.2, 0.25) is 0 Å². The largest absolute Gasteiger partial charge is 0.492 e.